The molecule has 1 aromatic carbocycles. The number of rotatable bonds is 14. The van der Waals surface area contributed by atoms with E-state index in [9.17, 15) is 14.4 Å². The van der Waals surface area contributed by atoms with Gasteiger partial charge in [-0.25, -0.2) is 14.6 Å². The lowest BCUT2D eigenvalue weighted by Gasteiger charge is -2.24. The Hall–Kier alpha value is -3.58. The average molecular weight is 641 g/mol. The quantitative estimate of drug-likeness (QED) is 0.151. The van der Waals surface area contributed by atoms with Crippen LogP contribution in [0.4, 0.5) is 0 Å². The molecule has 2 aliphatic carbocycles. The van der Waals surface area contributed by atoms with E-state index >= 15 is 0 Å². The molecule has 12 nitrogen and oxygen atoms in total. The van der Waals surface area contributed by atoms with Crippen LogP contribution in [0.1, 0.15) is 69.8 Å². The predicted molar refractivity (Wildman–Crippen MR) is 176 cm³/mol. The van der Waals surface area contributed by atoms with E-state index in [0.717, 1.165) is 55.7 Å². The van der Waals surface area contributed by atoms with Crippen molar-refractivity contribution in [2.75, 3.05) is 39.6 Å². The van der Waals surface area contributed by atoms with Gasteiger partial charge in [-0.1, -0.05) is 62.8 Å². The van der Waals surface area contributed by atoms with Gasteiger partial charge in [-0.3, -0.25) is 13.9 Å². The van der Waals surface area contributed by atoms with Crippen LogP contribution in [0.15, 0.2) is 39.9 Å². The Balaban J connectivity index is 0.000000416. The molecule has 0 bridgehead atoms. The molecule has 0 unspecified atom stereocenters. The molecule has 0 radical (unpaired) electrons. The summed E-state index contributed by atoms with van der Waals surface area (Å²) in [5, 5.41) is 25.4. The van der Waals surface area contributed by atoms with Crippen molar-refractivity contribution in [3.63, 3.8) is 0 Å². The first-order valence-electron chi connectivity index (χ1n) is 16.5. The summed E-state index contributed by atoms with van der Waals surface area (Å²) in [6, 6.07) is 7.28. The Labute approximate surface area is 268 Å². The van der Waals surface area contributed by atoms with Crippen molar-refractivity contribution in [3.05, 3.63) is 56.7 Å². The number of aliphatic hydroxyl groups is 2. The average Bonchev–Trinajstić information content (AvgIpc) is 3.53. The van der Waals surface area contributed by atoms with E-state index in [-0.39, 0.29) is 24.5 Å². The smallest absolute Gasteiger partial charge is 0.332 e. The predicted octanol–water partition coefficient (Wildman–Crippen LogP) is 3.82. The second-order valence-electron chi connectivity index (χ2n) is 12.1. The number of nitrogens with one attached hydrogen (secondary N) is 1. The van der Waals surface area contributed by atoms with Crippen LogP contribution in [0.25, 0.3) is 28.6 Å². The zero-order valence-electron chi connectivity index (χ0n) is 26.6. The standard InChI is InChI=1S/C28H34N4O4.C6H14O4/c33-23(34)16-13-19-11-14-22(15-12-19)25-29-24-26(30-25)31(17-20-7-3-1-4-8-20)28(36)32(27(24)35)18-21-9-5-2-6-10-21;7-1-3-9-5-6-10-4-2-8/h11-16,20-21H,1-10,17-18H2,(H,29,30)(H,33,34);7-8H,1-6H2. The van der Waals surface area contributed by atoms with Crippen molar-refractivity contribution < 1.29 is 29.6 Å². The summed E-state index contributed by atoms with van der Waals surface area (Å²) < 4.78 is 12.9. The van der Waals surface area contributed by atoms with E-state index in [2.05, 4.69) is 9.97 Å². The van der Waals surface area contributed by atoms with Crippen molar-refractivity contribution in [1.82, 2.24) is 19.1 Å². The number of carboxylic acid groups (broad SMARTS) is 1. The molecule has 0 atom stereocenters. The molecule has 0 amide bonds. The molecule has 2 heterocycles. The van der Waals surface area contributed by atoms with Gasteiger partial charge in [0.1, 0.15) is 11.5 Å². The number of ether oxygens (including phenoxy) is 2. The van der Waals surface area contributed by atoms with E-state index in [1.807, 2.05) is 12.1 Å². The fourth-order valence-corrected chi connectivity index (χ4v) is 6.26. The third-order valence-electron chi connectivity index (χ3n) is 8.64. The van der Waals surface area contributed by atoms with E-state index in [4.69, 9.17) is 24.8 Å². The minimum atomic E-state index is -1.00. The molecule has 12 heteroatoms. The lowest BCUT2D eigenvalue weighted by Crippen LogP contribution is -2.42. The molecule has 3 aromatic rings. The summed E-state index contributed by atoms with van der Waals surface area (Å²) in [6.07, 6.45) is 14.1. The van der Waals surface area contributed by atoms with Crippen molar-refractivity contribution in [3.8, 4) is 11.4 Å². The molecule has 4 N–H and O–H groups in total. The number of fused-ring (bicyclic) bond motifs is 1. The third-order valence-corrected chi connectivity index (χ3v) is 8.64. The van der Waals surface area contributed by atoms with Crippen LogP contribution in [-0.4, -0.2) is 80.0 Å². The van der Waals surface area contributed by atoms with Gasteiger partial charge in [-0.05, 0) is 49.2 Å². The molecule has 252 valence electrons. The van der Waals surface area contributed by atoms with E-state index in [0.29, 0.717) is 68.3 Å². The molecule has 0 aliphatic heterocycles. The lowest BCUT2D eigenvalue weighted by molar-refractivity contribution is -0.131. The Morgan fingerprint density at radius 1 is 0.826 bits per heavy atom. The first-order chi connectivity index (χ1) is 22.4. The summed E-state index contributed by atoms with van der Waals surface area (Å²) in [4.78, 5) is 45.9. The molecule has 2 fully saturated rings. The van der Waals surface area contributed by atoms with Crippen LogP contribution in [0.5, 0.6) is 0 Å². The van der Waals surface area contributed by atoms with Crippen molar-refractivity contribution in [2.24, 2.45) is 11.8 Å². The van der Waals surface area contributed by atoms with Gasteiger partial charge in [-0.15, -0.1) is 0 Å². The van der Waals surface area contributed by atoms with Crippen LogP contribution in [-0.2, 0) is 27.4 Å². The molecule has 0 saturated heterocycles. The molecule has 2 saturated carbocycles. The number of aromatic amines is 1. The largest absolute Gasteiger partial charge is 0.478 e. The highest BCUT2D eigenvalue weighted by Gasteiger charge is 2.24. The number of hydrogen-bond donors (Lipinski definition) is 4. The van der Waals surface area contributed by atoms with E-state index in [1.54, 1.807) is 16.7 Å². The highest BCUT2D eigenvalue weighted by atomic mass is 16.5. The summed E-state index contributed by atoms with van der Waals surface area (Å²) >= 11 is 0. The van der Waals surface area contributed by atoms with Gasteiger partial charge in [0.2, 0.25) is 0 Å². The number of carboxylic acids is 1. The van der Waals surface area contributed by atoms with Crippen molar-refractivity contribution in [1.29, 1.82) is 0 Å². The number of aliphatic hydroxyl groups excluding tert-OH is 2. The van der Waals surface area contributed by atoms with Crippen LogP contribution < -0.4 is 11.2 Å². The Bertz CT molecular complexity index is 1500. The highest BCUT2D eigenvalue weighted by molar-refractivity contribution is 5.85. The topological polar surface area (TPSA) is 169 Å². The second-order valence-corrected chi connectivity index (χ2v) is 12.1. The second kappa shape index (κ2) is 18.5. The van der Waals surface area contributed by atoms with E-state index < -0.39 is 5.97 Å². The zero-order chi connectivity index (χ0) is 32.7. The van der Waals surface area contributed by atoms with Crippen LogP contribution >= 0.6 is 0 Å². The number of hydrogen-bond acceptors (Lipinski definition) is 8. The van der Waals surface area contributed by atoms with Gasteiger partial charge in [0.15, 0.2) is 5.52 Å². The normalized spacial score (nSPS) is 16.1. The monoisotopic (exact) mass is 640 g/mol. The number of benzene rings is 1. The minimum absolute atomic E-state index is 0.0417. The van der Waals surface area contributed by atoms with Crippen molar-refractivity contribution >= 4 is 23.2 Å². The summed E-state index contributed by atoms with van der Waals surface area (Å²) in [5.41, 5.74) is 1.79. The van der Waals surface area contributed by atoms with Gasteiger partial charge in [0.05, 0.1) is 39.6 Å². The van der Waals surface area contributed by atoms with Crippen molar-refractivity contribution in [2.45, 2.75) is 77.3 Å². The maximum atomic E-state index is 13.7. The van der Waals surface area contributed by atoms with Gasteiger partial charge >= 0.3 is 11.7 Å². The number of aromatic nitrogens is 4. The van der Waals surface area contributed by atoms with Gasteiger partial charge in [0.25, 0.3) is 5.56 Å². The summed E-state index contributed by atoms with van der Waals surface area (Å²) in [6.45, 7) is 2.79. The SMILES string of the molecule is O=C(O)C=Cc1ccc(-c2nc3c(=O)n(CC4CCCCC4)c(=O)n(CC4CCCCC4)c3[nH]2)cc1.OCCOCCOCCO. The Kier molecular flexibility index (Phi) is 14.2. The number of nitrogens with zero attached hydrogens (tertiary/aromatic N) is 3. The lowest BCUT2D eigenvalue weighted by atomic mass is 9.89. The molecular formula is C34H48N4O8. The molecule has 5 rings (SSSR count). The zero-order valence-corrected chi connectivity index (χ0v) is 26.6. The molecule has 2 aliphatic rings. The summed E-state index contributed by atoms with van der Waals surface area (Å²) in [5.74, 6) is 0.307. The third kappa shape index (κ3) is 10.2. The number of aliphatic carboxylic acids is 1. The maximum absolute atomic E-state index is 13.7. The fourth-order valence-electron chi connectivity index (χ4n) is 6.26. The van der Waals surface area contributed by atoms with Gasteiger partial charge in [-0.2, -0.15) is 0 Å². The Morgan fingerprint density at radius 3 is 1.89 bits per heavy atom. The van der Waals surface area contributed by atoms with Crippen LogP contribution in [0, 0.1) is 11.8 Å². The van der Waals surface area contributed by atoms with E-state index in [1.165, 1.54) is 36.3 Å². The first-order valence-corrected chi connectivity index (χ1v) is 16.5. The molecular weight excluding hydrogens is 592 g/mol. The number of imidazole rings is 1. The highest BCUT2D eigenvalue weighted by Crippen LogP contribution is 2.27. The number of H-pyrrole nitrogens is 1. The summed E-state index contributed by atoms with van der Waals surface area (Å²) in [7, 11) is 0. The minimum Gasteiger partial charge on any atom is -0.478 e. The fraction of sp³-hybridized carbons (Fsp3) is 0.588. The van der Waals surface area contributed by atoms with Gasteiger partial charge in [0, 0.05) is 24.7 Å². The Morgan fingerprint density at radius 2 is 1.37 bits per heavy atom. The first kappa shape index (κ1) is 35.3. The van der Waals surface area contributed by atoms with Crippen LogP contribution in [0.3, 0.4) is 0 Å². The van der Waals surface area contributed by atoms with Crippen LogP contribution in [0.2, 0.25) is 0 Å². The molecule has 46 heavy (non-hydrogen) atoms. The maximum Gasteiger partial charge on any atom is 0.332 e. The van der Waals surface area contributed by atoms with Gasteiger partial charge < -0.3 is 29.8 Å². The number of carbonyl (C=O) groups is 1. The molecule has 0 spiro atoms. The molecule has 2 aromatic heterocycles.